The summed E-state index contributed by atoms with van der Waals surface area (Å²) >= 11 is 0. The summed E-state index contributed by atoms with van der Waals surface area (Å²) in [6.45, 7) is 7.88. The highest BCUT2D eigenvalue weighted by Gasteiger charge is 2.83. The van der Waals surface area contributed by atoms with Gasteiger partial charge in [0.2, 0.25) is 6.10 Å². The number of hydrogen-bond donors (Lipinski definition) is 4. The number of ketones is 1. The lowest BCUT2D eigenvalue weighted by atomic mass is 9.38. The monoisotopic (exact) mass is 494 g/mol. The normalized spacial score (nSPS) is 52.0. The van der Waals surface area contributed by atoms with Crippen LogP contribution < -0.4 is 0 Å². The maximum absolute atomic E-state index is 13.3. The number of esters is 2. The van der Waals surface area contributed by atoms with Gasteiger partial charge in [-0.2, -0.15) is 0 Å². The molecule has 0 aromatic heterocycles. The van der Waals surface area contributed by atoms with Crippen LogP contribution in [0.5, 0.6) is 0 Å². The zero-order chi connectivity index (χ0) is 25.9. The molecule has 5 aliphatic rings. The maximum atomic E-state index is 13.3. The van der Waals surface area contributed by atoms with Gasteiger partial charge in [-0.1, -0.05) is 26.3 Å². The van der Waals surface area contributed by atoms with E-state index in [-0.39, 0.29) is 19.4 Å². The number of allylic oxidation sites excluding steroid dienone is 1. The zero-order valence-corrected chi connectivity index (χ0v) is 20.6. The second-order valence-electron chi connectivity index (χ2n) is 11.6. The summed E-state index contributed by atoms with van der Waals surface area (Å²) in [4.78, 5) is 38.8. The van der Waals surface area contributed by atoms with Gasteiger partial charge in [-0.25, -0.2) is 9.59 Å². The molecule has 5 rings (SSSR count). The summed E-state index contributed by atoms with van der Waals surface area (Å²) < 4.78 is 17.4. The highest BCUT2D eigenvalue weighted by molar-refractivity contribution is 5.96. The SMILES string of the molecule is CC[C@@](C)(O)C(=O)O[C@H]1C(=O)O[C@@H]2C[C@H]3C(C)=CC(=O)[C@@H](O)[C@]3(C)[C@H]3[C@]4(O)OC[C@]32[C@@H]1[C@@H](C)[C@H]4O. The standard InChI is InChI=1S/C25H34O10/c1-6-22(4,31)21(30)35-16-15-11(3)17(27)25(32)20-23(5)12(10(2)7-13(26)18(23)28)8-14(34-19(16)29)24(15,20)9-33-25/h7,11-12,14-18,20,27-28,31-32H,6,8-9H2,1-5H3/t11-,12+,14-,15-,16-,17-,18-,20-,22-,23-,24+,25-/m1/s1. The van der Waals surface area contributed by atoms with Crippen molar-refractivity contribution >= 4 is 17.7 Å². The van der Waals surface area contributed by atoms with Crippen LogP contribution in [0.3, 0.4) is 0 Å². The van der Waals surface area contributed by atoms with Crippen molar-refractivity contribution in [2.45, 2.75) is 83.3 Å². The molecule has 35 heavy (non-hydrogen) atoms. The molecule has 10 nitrogen and oxygen atoms in total. The molecule has 3 aliphatic carbocycles. The van der Waals surface area contributed by atoms with Crippen molar-refractivity contribution in [1.82, 2.24) is 0 Å². The molecule has 0 radical (unpaired) electrons. The number of fused-ring (bicyclic) bond motifs is 1. The van der Waals surface area contributed by atoms with Crippen LogP contribution in [0.15, 0.2) is 11.6 Å². The van der Waals surface area contributed by atoms with Crippen LogP contribution in [0, 0.1) is 34.5 Å². The first-order chi connectivity index (χ1) is 16.2. The molecule has 194 valence electrons. The van der Waals surface area contributed by atoms with Crippen molar-refractivity contribution in [3.05, 3.63) is 11.6 Å². The molecule has 0 amide bonds. The average molecular weight is 495 g/mol. The molecule has 2 aliphatic heterocycles. The Hall–Kier alpha value is -1.85. The quantitative estimate of drug-likeness (QED) is 0.389. The fourth-order valence-corrected chi connectivity index (χ4v) is 8.12. The Morgan fingerprint density at radius 2 is 1.97 bits per heavy atom. The van der Waals surface area contributed by atoms with Crippen molar-refractivity contribution in [2.24, 2.45) is 34.5 Å². The van der Waals surface area contributed by atoms with Gasteiger partial charge in [-0.05, 0) is 44.6 Å². The first-order valence-electron chi connectivity index (χ1n) is 12.3. The molecule has 2 heterocycles. The van der Waals surface area contributed by atoms with Crippen LogP contribution >= 0.6 is 0 Å². The van der Waals surface area contributed by atoms with E-state index in [1.54, 1.807) is 27.7 Å². The van der Waals surface area contributed by atoms with Crippen LogP contribution in [0.4, 0.5) is 0 Å². The lowest BCUT2D eigenvalue weighted by Gasteiger charge is -2.68. The van der Waals surface area contributed by atoms with Gasteiger partial charge in [0.05, 0.1) is 6.61 Å². The van der Waals surface area contributed by atoms with Gasteiger partial charge < -0.3 is 34.6 Å². The lowest BCUT2D eigenvalue weighted by molar-refractivity contribution is -0.340. The van der Waals surface area contributed by atoms with Gasteiger partial charge in [0.15, 0.2) is 17.2 Å². The summed E-state index contributed by atoms with van der Waals surface area (Å²) in [6.07, 6.45) is -3.51. The minimum absolute atomic E-state index is 0.0510. The number of ether oxygens (including phenoxy) is 3. The van der Waals surface area contributed by atoms with Crippen molar-refractivity contribution < 1.29 is 49.0 Å². The highest BCUT2D eigenvalue weighted by atomic mass is 16.7. The first-order valence-corrected chi connectivity index (χ1v) is 12.3. The third-order valence-corrected chi connectivity index (χ3v) is 9.99. The minimum Gasteiger partial charge on any atom is -0.459 e. The topological polar surface area (TPSA) is 160 Å². The van der Waals surface area contributed by atoms with E-state index >= 15 is 0 Å². The van der Waals surface area contributed by atoms with E-state index in [1.165, 1.54) is 13.0 Å². The molecule has 10 heteroatoms. The number of carbonyl (C=O) groups is 3. The Labute approximate surface area is 203 Å². The Balaban J connectivity index is 1.69. The Morgan fingerprint density at radius 3 is 2.60 bits per heavy atom. The smallest absolute Gasteiger partial charge is 0.348 e. The number of aliphatic hydroxyl groups is 4. The Bertz CT molecular complexity index is 1020. The summed E-state index contributed by atoms with van der Waals surface area (Å²) in [6, 6.07) is 0. The van der Waals surface area contributed by atoms with Crippen LogP contribution in [-0.2, 0) is 28.6 Å². The average Bonchev–Trinajstić information content (AvgIpc) is 3.08. The van der Waals surface area contributed by atoms with Crippen molar-refractivity contribution in [1.29, 1.82) is 0 Å². The molecule has 2 bridgehead atoms. The third-order valence-electron chi connectivity index (χ3n) is 9.99. The fraction of sp³-hybridized carbons (Fsp3) is 0.800. The Kier molecular flexibility index (Phi) is 5.21. The zero-order valence-electron chi connectivity index (χ0n) is 20.6. The van der Waals surface area contributed by atoms with E-state index < -0.39 is 88.0 Å². The van der Waals surface area contributed by atoms with E-state index in [1.807, 2.05) is 0 Å². The highest BCUT2D eigenvalue weighted by Crippen LogP contribution is 2.73. The molecular formula is C25H34O10. The molecule has 4 fully saturated rings. The van der Waals surface area contributed by atoms with E-state index in [4.69, 9.17) is 14.2 Å². The van der Waals surface area contributed by atoms with Crippen LogP contribution in [-0.4, -0.2) is 80.6 Å². The first kappa shape index (κ1) is 24.8. The van der Waals surface area contributed by atoms with Crippen molar-refractivity contribution in [2.75, 3.05) is 6.61 Å². The maximum Gasteiger partial charge on any atom is 0.348 e. The number of hydrogen-bond acceptors (Lipinski definition) is 10. The van der Waals surface area contributed by atoms with E-state index in [0.29, 0.717) is 5.57 Å². The molecule has 2 saturated carbocycles. The molecule has 4 N–H and O–H groups in total. The Morgan fingerprint density at radius 1 is 1.31 bits per heavy atom. The summed E-state index contributed by atoms with van der Waals surface area (Å²) in [5, 5.41) is 44.8. The molecule has 12 atom stereocenters. The predicted molar refractivity (Wildman–Crippen MR) is 117 cm³/mol. The summed E-state index contributed by atoms with van der Waals surface area (Å²) in [5.74, 6) is -7.47. The van der Waals surface area contributed by atoms with Gasteiger partial charge in [-0.3, -0.25) is 4.79 Å². The predicted octanol–water partition coefficient (Wildman–Crippen LogP) is -0.151. The fourth-order valence-electron chi connectivity index (χ4n) is 8.12. The minimum atomic E-state index is -2.12. The second kappa shape index (κ2) is 7.35. The molecule has 2 saturated heterocycles. The van der Waals surface area contributed by atoms with Gasteiger partial charge in [0.1, 0.15) is 18.3 Å². The lowest BCUT2D eigenvalue weighted by Crippen LogP contribution is -2.78. The van der Waals surface area contributed by atoms with Crippen LogP contribution in [0.25, 0.3) is 0 Å². The second-order valence-corrected chi connectivity index (χ2v) is 11.6. The largest absolute Gasteiger partial charge is 0.459 e. The molecule has 0 aromatic rings. The van der Waals surface area contributed by atoms with Crippen LogP contribution in [0.2, 0.25) is 0 Å². The van der Waals surface area contributed by atoms with Crippen molar-refractivity contribution in [3.63, 3.8) is 0 Å². The third kappa shape index (κ3) is 2.80. The molecular weight excluding hydrogens is 460 g/mol. The number of carbonyl (C=O) groups excluding carboxylic acids is 3. The number of rotatable bonds is 3. The van der Waals surface area contributed by atoms with Gasteiger partial charge in [0.25, 0.3) is 0 Å². The molecule has 0 unspecified atom stereocenters. The molecule has 1 spiro atoms. The number of aliphatic hydroxyl groups excluding tert-OH is 2. The van der Waals surface area contributed by atoms with Gasteiger partial charge in [-0.15, -0.1) is 0 Å². The summed E-state index contributed by atoms with van der Waals surface area (Å²) in [5.41, 5.74) is -3.54. The van der Waals surface area contributed by atoms with E-state index in [0.717, 1.165) is 0 Å². The van der Waals surface area contributed by atoms with Gasteiger partial charge >= 0.3 is 11.9 Å². The van der Waals surface area contributed by atoms with Crippen molar-refractivity contribution in [3.8, 4) is 0 Å². The van der Waals surface area contributed by atoms with Crippen LogP contribution in [0.1, 0.15) is 47.5 Å². The summed E-state index contributed by atoms with van der Waals surface area (Å²) in [7, 11) is 0. The molecule has 0 aromatic carbocycles. The van der Waals surface area contributed by atoms with Gasteiger partial charge in [0, 0.05) is 22.7 Å². The van der Waals surface area contributed by atoms with E-state index in [2.05, 4.69) is 0 Å². The van der Waals surface area contributed by atoms with E-state index in [9.17, 15) is 34.8 Å².